The van der Waals surface area contributed by atoms with E-state index < -0.39 is 0 Å². The Bertz CT molecular complexity index is 546. The zero-order valence-corrected chi connectivity index (χ0v) is 14.1. The molecule has 0 saturated carbocycles. The van der Waals surface area contributed by atoms with Crippen LogP contribution in [0.15, 0.2) is 6.07 Å². The average molecular weight is 301 g/mol. The zero-order valence-electron chi connectivity index (χ0n) is 14.1. The first-order valence-corrected chi connectivity index (χ1v) is 8.35. The molecule has 4 heteroatoms. The zero-order chi connectivity index (χ0) is 16.1. The number of rotatable bonds is 5. The molecule has 0 bridgehead atoms. The first-order chi connectivity index (χ1) is 10.6. The molecular formula is C18H27N3O. The summed E-state index contributed by atoms with van der Waals surface area (Å²) in [4.78, 5) is 4.38. The fraction of sp³-hybridized carbons (Fsp3) is 0.667. The second-order valence-electron chi connectivity index (χ2n) is 6.23. The van der Waals surface area contributed by atoms with Gasteiger partial charge in [-0.25, -0.2) is 0 Å². The van der Waals surface area contributed by atoms with Crippen molar-refractivity contribution in [2.24, 2.45) is 5.92 Å². The van der Waals surface area contributed by atoms with Crippen molar-refractivity contribution in [2.45, 2.75) is 65.5 Å². The molecule has 1 fully saturated rings. The number of hydrogen-bond acceptors (Lipinski definition) is 4. The van der Waals surface area contributed by atoms with Gasteiger partial charge in [0.15, 0.2) is 0 Å². The van der Waals surface area contributed by atoms with Crippen LogP contribution < -0.4 is 5.32 Å². The van der Waals surface area contributed by atoms with E-state index in [2.05, 4.69) is 30.2 Å². The third kappa shape index (κ3) is 3.78. The van der Waals surface area contributed by atoms with Crippen molar-refractivity contribution in [3.63, 3.8) is 0 Å². The van der Waals surface area contributed by atoms with Gasteiger partial charge in [-0.1, -0.05) is 26.7 Å². The van der Waals surface area contributed by atoms with Crippen LogP contribution in [0.4, 0.5) is 5.69 Å². The van der Waals surface area contributed by atoms with E-state index in [9.17, 15) is 5.26 Å². The van der Waals surface area contributed by atoms with Crippen LogP contribution in [0.2, 0.25) is 0 Å². The Morgan fingerprint density at radius 3 is 2.77 bits per heavy atom. The molecule has 0 aliphatic carbocycles. The second kappa shape index (κ2) is 7.60. The predicted octanol–water partition coefficient (Wildman–Crippen LogP) is 3.97. The lowest BCUT2D eigenvalue weighted by Gasteiger charge is -2.35. The number of nitrogens with one attached hydrogen (secondary N) is 1. The third-order valence-corrected chi connectivity index (χ3v) is 4.69. The topological polar surface area (TPSA) is 57.9 Å². The molecule has 2 heterocycles. The van der Waals surface area contributed by atoms with E-state index in [-0.39, 0.29) is 0 Å². The summed E-state index contributed by atoms with van der Waals surface area (Å²) in [6.45, 7) is 9.13. The Morgan fingerprint density at radius 1 is 1.41 bits per heavy atom. The van der Waals surface area contributed by atoms with Crippen molar-refractivity contribution in [1.29, 1.82) is 5.26 Å². The number of anilines is 1. The van der Waals surface area contributed by atoms with Crippen molar-refractivity contribution in [3.05, 3.63) is 23.0 Å². The van der Waals surface area contributed by atoms with E-state index in [0.29, 0.717) is 23.6 Å². The van der Waals surface area contributed by atoms with Crippen LogP contribution in [0.5, 0.6) is 0 Å². The van der Waals surface area contributed by atoms with E-state index >= 15 is 0 Å². The van der Waals surface area contributed by atoms with Gasteiger partial charge in [0.2, 0.25) is 0 Å². The molecule has 0 radical (unpaired) electrons. The maximum absolute atomic E-state index is 9.38. The molecule has 2 unspecified atom stereocenters. The summed E-state index contributed by atoms with van der Waals surface area (Å²) in [7, 11) is 0. The van der Waals surface area contributed by atoms with Gasteiger partial charge in [-0.2, -0.15) is 5.26 Å². The van der Waals surface area contributed by atoms with Crippen LogP contribution in [0, 0.1) is 31.1 Å². The number of nitriles is 1. The molecule has 2 atom stereocenters. The second-order valence-corrected chi connectivity index (χ2v) is 6.23. The number of aromatic nitrogens is 1. The van der Waals surface area contributed by atoms with E-state index in [1.165, 1.54) is 0 Å². The molecule has 0 amide bonds. The smallest absolute Gasteiger partial charge is 0.103 e. The highest BCUT2D eigenvalue weighted by atomic mass is 16.5. The van der Waals surface area contributed by atoms with Crippen molar-refractivity contribution >= 4 is 5.69 Å². The normalized spacial score (nSPS) is 21.6. The molecule has 2 rings (SSSR count). The standard InChI is InChI=1S/C18H27N3O/c1-5-14(6-2)18-10-15(7-8-22-18)21-17-9-12(3)20-13(4)16(17)11-19/h9,14-15,18H,5-8,10H2,1-4H3,(H,20,21). The lowest BCUT2D eigenvalue weighted by Crippen LogP contribution is -2.38. The Morgan fingerprint density at radius 2 is 2.14 bits per heavy atom. The highest BCUT2D eigenvalue weighted by Gasteiger charge is 2.28. The molecule has 1 aliphatic heterocycles. The van der Waals surface area contributed by atoms with E-state index in [4.69, 9.17) is 4.74 Å². The molecule has 1 aromatic heterocycles. The van der Waals surface area contributed by atoms with Gasteiger partial charge in [0, 0.05) is 18.3 Å². The lowest BCUT2D eigenvalue weighted by atomic mass is 9.89. The summed E-state index contributed by atoms with van der Waals surface area (Å²) < 4.78 is 5.98. The Labute approximate surface area is 133 Å². The van der Waals surface area contributed by atoms with Crippen molar-refractivity contribution in [2.75, 3.05) is 11.9 Å². The van der Waals surface area contributed by atoms with Gasteiger partial charge in [-0.05, 0) is 38.7 Å². The fourth-order valence-corrected chi connectivity index (χ4v) is 3.41. The number of ether oxygens (including phenoxy) is 1. The van der Waals surface area contributed by atoms with Crippen LogP contribution >= 0.6 is 0 Å². The van der Waals surface area contributed by atoms with E-state index in [1.807, 2.05) is 19.9 Å². The molecule has 4 nitrogen and oxygen atoms in total. The van der Waals surface area contributed by atoms with Crippen molar-refractivity contribution in [1.82, 2.24) is 4.98 Å². The first kappa shape index (κ1) is 16.8. The molecular weight excluding hydrogens is 274 g/mol. The fourth-order valence-electron chi connectivity index (χ4n) is 3.41. The number of aryl methyl sites for hydroxylation is 2. The SMILES string of the molecule is CCC(CC)C1CC(Nc2cc(C)nc(C)c2C#N)CCO1. The molecule has 1 saturated heterocycles. The van der Waals surface area contributed by atoms with E-state index in [0.717, 1.165) is 49.4 Å². The summed E-state index contributed by atoms with van der Waals surface area (Å²) in [6.07, 6.45) is 4.64. The van der Waals surface area contributed by atoms with Gasteiger partial charge >= 0.3 is 0 Å². The van der Waals surface area contributed by atoms with Gasteiger partial charge in [-0.15, -0.1) is 0 Å². The van der Waals surface area contributed by atoms with Gasteiger partial charge in [0.25, 0.3) is 0 Å². The van der Waals surface area contributed by atoms with Crippen LogP contribution in [-0.4, -0.2) is 23.7 Å². The summed E-state index contributed by atoms with van der Waals surface area (Å²) in [5, 5.41) is 13.0. The summed E-state index contributed by atoms with van der Waals surface area (Å²) in [5.74, 6) is 0.626. The molecule has 1 aromatic rings. The largest absolute Gasteiger partial charge is 0.381 e. The summed E-state index contributed by atoms with van der Waals surface area (Å²) in [6, 6.07) is 4.63. The molecule has 0 aromatic carbocycles. The molecule has 0 spiro atoms. The number of pyridine rings is 1. The Balaban J connectivity index is 2.12. The molecule has 22 heavy (non-hydrogen) atoms. The van der Waals surface area contributed by atoms with Crippen LogP contribution in [-0.2, 0) is 4.74 Å². The van der Waals surface area contributed by atoms with Gasteiger partial charge in [-0.3, -0.25) is 4.98 Å². The Hall–Kier alpha value is -1.60. The minimum absolute atomic E-state index is 0.329. The van der Waals surface area contributed by atoms with Crippen molar-refractivity contribution < 1.29 is 4.74 Å². The minimum Gasteiger partial charge on any atom is -0.381 e. The Kier molecular flexibility index (Phi) is 5.79. The minimum atomic E-state index is 0.329. The van der Waals surface area contributed by atoms with Crippen LogP contribution in [0.25, 0.3) is 0 Å². The molecule has 1 aliphatic rings. The van der Waals surface area contributed by atoms with Gasteiger partial charge in [0.05, 0.1) is 23.0 Å². The highest BCUT2D eigenvalue weighted by molar-refractivity contribution is 5.60. The van der Waals surface area contributed by atoms with Gasteiger partial charge in [0.1, 0.15) is 6.07 Å². The van der Waals surface area contributed by atoms with Crippen molar-refractivity contribution in [3.8, 4) is 6.07 Å². The maximum Gasteiger partial charge on any atom is 0.103 e. The average Bonchev–Trinajstić information content (AvgIpc) is 2.48. The molecule has 120 valence electrons. The van der Waals surface area contributed by atoms with Crippen LogP contribution in [0.1, 0.15) is 56.5 Å². The summed E-state index contributed by atoms with van der Waals surface area (Å²) >= 11 is 0. The number of hydrogen-bond donors (Lipinski definition) is 1. The highest BCUT2D eigenvalue weighted by Crippen LogP contribution is 2.28. The first-order valence-electron chi connectivity index (χ1n) is 8.35. The maximum atomic E-state index is 9.38. The summed E-state index contributed by atoms with van der Waals surface area (Å²) in [5.41, 5.74) is 3.33. The van der Waals surface area contributed by atoms with Crippen LogP contribution in [0.3, 0.4) is 0 Å². The van der Waals surface area contributed by atoms with E-state index in [1.54, 1.807) is 0 Å². The third-order valence-electron chi connectivity index (χ3n) is 4.69. The molecule has 1 N–H and O–H groups in total. The quantitative estimate of drug-likeness (QED) is 0.894. The lowest BCUT2D eigenvalue weighted by molar-refractivity contribution is -0.0271. The number of nitrogens with zero attached hydrogens (tertiary/aromatic N) is 2. The predicted molar refractivity (Wildman–Crippen MR) is 88.9 cm³/mol. The monoisotopic (exact) mass is 301 g/mol. The van der Waals surface area contributed by atoms with Gasteiger partial charge < -0.3 is 10.1 Å².